The van der Waals surface area contributed by atoms with Gasteiger partial charge in [-0.25, -0.2) is 10.5 Å². The molecule has 0 aliphatic heterocycles. The van der Waals surface area contributed by atoms with Crippen LogP contribution in [0.4, 0.5) is 11.4 Å². The molecule has 0 spiro atoms. The maximum Gasteiger partial charge on any atom is 0.192 e. The number of hydrogen-bond donors (Lipinski definition) is 3. The standard InChI is InChI=1S/C22H24N4O4/c1-22(2,13-16-4-6-17(23)7-5-16)26-30-11-10-29-25-18-8-9-19(20(12-18)27-3)21-14-24-15-28-21/h4-9,12,14-15,25-26H,13,23H2,1-3H3. The van der Waals surface area contributed by atoms with Crippen LogP contribution in [0.5, 0.6) is 5.75 Å². The zero-order chi connectivity index (χ0) is 21.4. The van der Waals surface area contributed by atoms with E-state index in [1.54, 1.807) is 25.4 Å². The Bertz CT molecular complexity index is 1010. The van der Waals surface area contributed by atoms with Crippen LogP contribution in [0.3, 0.4) is 0 Å². The molecule has 30 heavy (non-hydrogen) atoms. The lowest BCUT2D eigenvalue weighted by Crippen LogP contribution is -2.40. The number of ether oxygens (including phenoxy) is 1. The molecule has 156 valence electrons. The molecule has 0 aliphatic rings. The number of aromatic nitrogens is 1. The quantitative estimate of drug-likeness (QED) is 0.294. The van der Waals surface area contributed by atoms with Crippen molar-refractivity contribution in [2.45, 2.75) is 25.8 Å². The highest BCUT2D eigenvalue weighted by Crippen LogP contribution is 2.32. The molecule has 1 heterocycles. The van der Waals surface area contributed by atoms with Crippen molar-refractivity contribution < 1.29 is 18.8 Å². The number of nitrogens with zero attached hydrogens (tertiary/aromatic N) is 1. The fraction of sp³-hybridized carbons (Fsp3) is 0.227. The zero-order valence-corrected chi connectivity index (χ0v) is 17.1. The van der Waals surface area contributed by atoms with E-state index < -0.39 is 0 Å². The summed E-state index contributed by atoms with van der Waals surface area (Å²) in [5, 5.41) is 0. The Morgan fingerprint density at radius 3 is 2.57 bits per heavy atom. The number of anilines is 2. The van der Waals surface area contributed by atoms with E-state index in [0.717, 1.165) is 23.2 Å². The SMILES string of the molecule is COc1cc(NOC#CONC(C)(C)Cc2ccc(N)cc2)ccc1-c1cnco1. The molecule has 0 bridgehead atoms. The average Bonchev–Trinajstić information content (AvgIpc) is 3.26. The Balaban J connectivity index is 1.47. The number of nitrogen functional groups attached to an aromatic ring is 1. The molecule has 0 saturated heterocycles. The molecule has 0 unspecified atom stereocenters. The Morgan fingerprint density at radius 1 is 1.10 bits per heavy atom. The van der Waals surface area contributed by atoms with Gasteiger partial charge in [0.2, 0.25) is 0 Å². The maximum absolute atomic E-state index is 5.71. The first-order valence-corrected chi connectivity index (χ1v) is 9.23. The van der Waals surface area contributed by atoms with Gasteiger partial charge in [0, 0.05) is 11.8 Å². The van der Waals surface area contributed by atoms with Gasteiger partial charge < -0.3 is 24.6 Å². The number of hydrogen-bond acceptors (Lipinski definition) is 8. The molecule has 1 aromatic heterocycles. The maximum atomic E-state index is 5.71. The fourth-order valence-electron chi connectivity index (χ4n) is 2.78. The summed E-state index contributed by atoms with van der Waals surface area (Å²) in [6, 6.07) is 13.1. The summed E-state index contributed by atoms with van der Waals surface area (Å²) in [5.41, 5.74) is 14.3. The van der Waals surface area contributed by atoms with Gasteiger partial charge in [-0.2, -0.15) is 0 Å². The van der Waals surface area contributed by atoms with Gasteiger partial charge in [0.15, 0.2) is 24.4 Å². The van der Waals surface area contributed by atoms with Crippen molar-refractivity contribution in [2.24, 2.45) is 0 Å². The van der Waals surface area contributed by atoms with Crippen molar-refractivity contribution in [3.8, 4) is 29.3 Å². The van der Waals surface area contributed by atoms with Gasteiger partial charge in [0.05, 0.1) is 30.1 Å². The summed E-state index contributed by atoms with van der Waals surface area (Å²) in [7, 11) is 1.57. The number of rotatable bonds is 8. The summed E-state index contributed by atoms with van der Waals surface area (Å²) < 4.78 is 10.7. The summed E-state index contributed by atoms with van der Waals surface area (Å²) >= 11 is 0. The molecule has 4 N–H and O–H groups in total. The first-order chi connectivity index (χ1) is 14.5. The summed E-state index contributed by atoms with van der Waals surface area (Å²) in [4.78, 5) is 14.2. The molecule has 0 atom stereocenters. The van der Waals surface area contributed by atoms with Crippen LogP contribution in [0.1, 0.15) is 19.4 Å². The number of oxazole rings is 1. The molecule has 2 aromatic carbocycles. The van der Waals surface area contributed by atoms with Crippen molar-refractivity contribution in [1.82, 2.24) is 10.5 Å². The zero-order valence-electron chi connectivity index (χ0n) is 17.1. The normalized spacial score (nSPS) is 10.6. The van der Waals surface area contributed by atoms with Crippen LogP contribution in [0, 0.1) is 12.2 Å². The minimum atomic E-state index is -0.331. The minimum absolute atomic E-state index is 0.331. The molecule has 0 aliphatic carbocycles. The van der Waals surface area contributed by atoms with Gasteiger partial charge in [-0.3, -0.25) is 0 Å². The molecule has 3 aromatic rings. The van der Waals surface area contributed by atoms with E-state index in [-0.39, 0.29) is 5.54 Å². The highest BCUT2D eigenvalue weighted by molar-refractivity contribution is 5.69. The van der Waals surface area contributed by atoms with Crippen molar-refractivity contribution in [2.75, 3.05) is 18.3 Å². The van der Waals surface area contributed by atoms with Gasteiger partial charge in [-0.1, -0.05) is 12.1 Å². The molecule has 3 rings (SSSR count). The van der Waals surface area contributed by atoms with Crippen molar-refractivity contribution in [1.29, 1.82) is 0 Å². The second kappa shape index (κ2) is 9.58. The third-order valence-corrected chi connectivity index (χ3v) is 4.17. The summed E-state index contributed by atoms with van der Waals surface area (Å²) in [6.45, 7) is 4.01. The molecule has 0 fully saturated rings. The second-order valence-electron chi connectivity index (χ2n) is 7.20. The molecule has 0 radical (unpaired) electrons. The monoisotopic (exact) mass is 408 g/mol. The number of methoxy groups -OCH3 is 1. The number of nitrogens with one attached hydrogen (secondary N) is 2. The number of hydroxylamine groups is 1. The second-order valence-corrected chi connectivity index (χ2v) is 7.20. The molecule has 0 saturated carbocycles. The van der Waals surface area contributed by atoms with E-state index in [4.69, 9.17) is 24.6 Å². The summed E-state index contributed by atoms with van der Waals surface area (Å²) in [5.74, 6) is 1.22. The molecule has 8 heteroatoms. The molecule has 8 nitrogen and oxygen atoms in total. The topological polar surface area (TPSA) is 104 Å². The van der Waals surface area contributed by atoms with E-state index in [1.165, 1.54) is 6.39 Å². The van der Waals surface area contributed by atoms with Crippen LogP contribution in [-0.2, 0) is 16.1 Å². The Kier molecular flexibility index (Phi) is 6.67. The van der Waals surface area contributed by atoms with Crippen LogP contribution in [-0.4, -0.2) is 17.6 Å². The van der Waals surface area contributed by atoms with E-state index in [9.17, 15) is 0 Å². The number of benzene rings is 2. The predicted molar refractivity (Wildman–Crippen MR) is 114 cm³/mol. The first kappa shape index (κ1) is 20.9. The van der Waals surface area contributed by atoms with E-state index in [1.807, 2.05) is 44.2 Å². The highest BCUT2D eigenvalue weighted by Gasteiger charge is 2.18. The smallest absolute Gasteiger partial charge is 0.192 e. The van der Waals surface area contributed by atoms with Crippen LogP contribution < -0.4 is 21.4 Å². The molecular weight excluding hydrogens is 384 g/mol. The first-order valence-electron chi connectivity index (χ1n) is 9.23. The minimum Gasteiger partial charge on any atom is -0.496 e. The highest BCUT2D eigenvalue weighted by atomic mass is 16.7. The van der Waals surface area contributed by atoms with Crippen molar-refractivity contribution in [3.63, 3.8) is 0 Å². The van der Waals surface area contributed by atoms with Crippen LogP contribution >= 0.6 is 0 Å². The number of nitrogens with two attached hydrogens (primary N) is 1. The van der Waals surface area contributed by atoms with Gasteiger partial charge in [0.25, 0.3) is 0 Å². The van der Waals surface area contributed by atoms with Gasteiger partial charge in [-0.05, 0) is 50.1 Å². The van der Waals surface area contributed by atoms with Gasteiger partial charge in [0.1, 0.15) is 5.75 Å². The van der Waals surface area contributed by atoms with Crippen molar-refractivity contribution in [3.05, 3.63) is 60.6 Å². The predicted octanol–water partition coefficient (Wildman–Crippen LogP) is 3.74. The summed E-state index contributed by atoms with van der Waals surface area (Å²) in [6.07, 6.45) is 8.60. The van der Waals surface area contributed by atoms with Crippen molar-refractivity contribution >= 4 is 11.4 Å². The Hall–Kier alpha value is -3.83. The van der Waals surface area contributed by atoms with Crippen LogP contribution in [0.25, 0.3) is 11.3 Å². The average molecular weight is 408 g/mol. The lowest BCUT2D eigenvalue weighted by molar-refractivity contribution is 0.0761. The Labute approximate surface area is 175 Å². The van der Waals surface area contributed by atoms with E-state index >= 15 is 0 Å². The van der Waals surface area contributed by atoms with Crippen LogP contribution in [0.2, 0.25) is 0 Å². The largest absolute Gasteiger partial charge is 0.496 e. The molecular formula is C22H24N4O4. The fourth-order valence-corrected chi connectivity index (χ4v) is 2.78. The van der Waals surface area contributed by atoms with Gasteiger partial charge >= 0.3 is 0 Å². The van der Waals surface area contributed by atoms with Gasteiger partial charge in [-0.15, -0.1) is 5.48 Å². The third-order valence-electron chi connectivity index (χ3n) is 4.17. The molecule has 0 amide bonds. The third kappa shape index (κ3) is 5.83. The lowest BCUT2D eigenvalue weighted by atomic mass is 9.96. The van der Waals surface area contributed by atoms with E-state index in [2.05, 4.69) is 28.2 Å². The van der Waals surface area contributed by atoms with E-state index in [0.29, 0.717) is 17.2 Å². The lowest BCUT2D eigenvalue weighted by Gasteiger charge is -2.23. The van der Waals surface area contributed by atoms with Crippen LogP contribution in [0.15, 0.2) is 59.5 Å². The Morgan fingerprint density at radius 2 is 1.87 bits per heavy atom.